The zero-order valence-electron chi connectivity index (χ0n) is 13.5. The summed E-state index contributed by atoms with van der Waals surface area (Å²) >= 11 is 0. The standard InChI is InChI=1S/C20H21NO2/c1-20(2,16-11-7-4-8-12-16)21-14-13-17(22)18(19(21)23)15-9-5-3-6-10-15/h3-12,18H,13-14H2,1-2H3. The maximum atomic E-state index is 13.1. The topological polar surface area (TPSA) is 37.4 Å². The Morgan fingerprint density at radius 2 is 1.48 bits per heavy atom. The molecule has 2 aromatic rings. The van der Waals surface area contributed by atoms with E-state index < -0.39 is 11.5 Å². The molecule has 3 heteroatoms. The first-order chi connectivity index (χ1) is 11.0. The predicted octanol–water partition coefficient (Wildman–Crippen LogP) is 3.51. The summed E-state index contributed by atoms with van der Waals surface area (Å²) in [7, 11) is 0. The summed E-state index contributed by atoms with van der Waals surface area (Å²) in [6, 6.07) is 19.3. The van der Waals surface area contributed by atoms with Crippen molar-refractivity contribution in [2.24, 2.45) is 0 Å². The van der Waals surface area contributed by atoms with Crippen LogP contribution in [-0.2, 0) is 15.1 Å². The molecule has 3 nitrogen and oxygen atoms in total. The minimum atomic E-state index is -0.673. The molecule has 1 unspecified atom stereocenters. The van der Waals surface area contributed by atoms with Crippen molar-refractivity contribution in [1.29, 1.82) is 0 Å². The van der Waals surface area contributed by atoms with Crippen molar-refractivity contribution in [2.45, 2.75) is 31.7 Å². The molecule has 1 aliphatic rings. The van der Waals surface area contributed by atoms with Gasteiger partial charge in [-0.1, -0.05) is 60.7 Å². The molecular weight excluding hydrogens is 286 g/mol. The van der Waals surface area contributed by atoms with E-state index >= 15 is 0 Å². The summed E-state index contributed by atoms with van der Waals surface area (Å²) in [6.45, 7) is 4.55. The molecule has 1 amide bonds. The molecule has 1 atom stereocenters. The van der Waals surface area contributed by atoms with Crippen molar-refractivity contribution in [3.05, 3.63) is 71.8 Å². The molecule has 3 rings (SSSR count). The largest absolute Gasteiger partial charge is 0.332 e. The van der Waals surface area contributed by atoms with E-state index in [9.17, 15) is 9.59 Å². The highest BCUT2D eigenvalue weighted by molar-refractivity contribution is 6.08. The lowest BCUT2D eigenvalue weighted by Crippen LogP contribution is -2.53. The van der Waals surface area contributed by atoms with Crippen molar-refractivity contribution < 1.29 is 9.59 Å². The molecule has 0 aromatic heterocycles. The van der Waals surface area contributed by atoms with Gasteiger partial charge in [0.2, 0.25) is 5.91 Å². The first kappa shape index (κ1) is 15.5. The summed E-state index contributed by atoms with van der Waals surface area (Å²) in [5.41, 5.74) is 1.43. The van der Waals surface area contributed by atoms with Gasteiger partial charge in [-0.2, -0.15) is 0 Å². The van der Waals surface area contributed by atoms with Gasteiger partial charge < -0.3 is 4.90 Å². The number of nitrogens with zero attached hydrogens (tertiary/aromatic N) is 1. The molecule has 1 saturated heterocycles. The lowest BCUT2D eigenvalue weighted by molar-refractivity contribution is -0.147. The molecule has 1 heterocycles. The van der Waals surface area contributed by atoms with Gasteiger partial charge in [0.15, 0.2) is 5.78 Å². The monoisotopic (exact) mass is 307 g/mol. The molecule has 118 valence electrons. The summed E-state index contributed by atoms with van der Waals surface area (Å²) in [5, 5.41) is 0. The summed E-state index contributed by atoms with van der Waals surface area (Å²) in [5.74, 6) is -0.754. The van der Waals surface area contributed by atoms with E-state index in [0.717, 1.165) is 11.1 Å². The fourth-order valence-electron chi connectivity index (χ4n) is 3.30. The zero-order valence-corrected chi connectivity index (χ0v) is 13.5. The second-order valence-electron chi connectivity index (χ2n) is 6.47. The fourth-order valence-corrected chi connectivity index (χ4v) is 3.30. The lowest BCUT2D eigenvalue weighted by Gasteiger charge is -2.43. The molecule has 0 bridgehead atoms. The third kappa shape index (κ3) is 2.79. The number of likely N-dealkylation sites (tertiary alicyclic amines) is 1. The fraction of sp³-hybridized carbons (Fsp3) is 0.300. The quantitative estimate of drug-likeness (QED) is 0.814. The highest BCUT2D eigenvalue weighted by atomic mass is 16.2. The van der Waals surface area contributed by atoms with Gasteiger partial charge in [0.25, 0.3) is 0 Å². The average Bonchev–Trinajstić information content (AvgIpc) is 2.56. The van der Waals surface area contributed by atoms with Crippen molar-refractivity contribution in [3.63, 3.8) is 0 Å². The average molecular weight is 307 g/mol. The van der Waals surface area contributed by atoms with Crippen LogP contribution in [0.25, 0.3) is 0 Å². The van der Waals surface area contributed by atoms with E-state index in [4.69, 9.17) is 0 Å². The van der Waals surface area contributed by atoms with Crippen LogP contribution in [0.15, 0.2) is 60.7 Å². The second-order valence-corrected chi connectivity index (χ2v) is 6.47. The number of carbonyl (C=O) groups is 2. The Morgan fingerprint density at radius 3 is 2.09 bits per heavy atom. The van der Waals surface area contributed by atoms with Gasteiger partial charge >= 0.3 is 0 Å². The van der Waals surface area contributed by atoms with E-state index in [2.05, 4.69) is 0 Å². The van der Waals surface area contributed by atoms with E-state index in [0.29, 0.717) is 13.0 Å². The predicted molar refractivity (Wildman–Crippen MR) is 90.0 cm³/mol. The third-order valence-electron chi connectivity index (χ3n) is 4.70. The van der Waals surface area contributed by atoms with E-state index in [1.807, 2.05) is 79.4 Å². The van der Waals surface area contributed by atoms with Gasteiger partial charge in [-0.3, -0.25) is 9.59 Å². The van der Waals surface area contributed by atoms with Gasteiger partial charge in [0.05, 0.1) is 5.54 Å². The first-order valence-electron chi connectivity index (χ1n) is 7.96. The maximum Gasteiger partial charge on any atom is 0.238 e. The Morgan fingerprint density at radius 1 is 0.913 bits per heavy atom. The van der Waals surface area contributed by atoms with Crippen molar-refractivity contribution in [3.8, 4) is 0 Å². The number of hydrogen-bond acceptors (Lipinski definition) is 2. The second kappa shape index (κ2) is 5.99. The van der Waals surface area contributed by atoms with Crippen LogP contribution < -0.4 is 0 Å². The van der Waals surface area contributed by atoms with E-state index in [1.165, 1.54) is 0 Å². The molecular formula is C20H21NO2. The normalized spacial score (nSPS) is 19.0. The summed E-state index contributed by atoms with van der Waals surface area (Å²) in [4.78, 5) is 27.3. The Hall–Kier alpha value is -2.42. The molecule has 0 N–H and O–H groups in total. The molecule has 0 aliphatic carbocycles. The van der Waals surface area contributed by atoms with Crippen molar-refractivity contribution >= 4 is 11.7 Å². The molecule has 2 aromatic carbocycles. The molecule has 0 radical (unpaired) electrons. The molecule has 1 fully saturated rings. The van der Waals surface area contributed by atoms with Gasteiger partial charge in [-0.15, -0.1) is 0 Å². The van der Waals surface area contributed by atoms with Crippen molar-refractivity contribution in [1.82, 2.24) is 4.90 Å². The Bertz CT molecular complexity index is 707. The molecule has 1 aliphatic heterocycles. The van der Waals surface area contributed by atoms with E-state index in [-0.39, 0.29) is 11.7 Å². The van der Waals surface area contributed by atoms with Crippen molar-refractivity contribution in [2.75, 3.05) is 6.54 Å². The summed E-state index contributed by atoms with van der Waals surface area (Å²) < 4.78 is 0. The Balaban J connectivity index is 1.96. The first-order valence-corrected chi connectivity index (χ1v) is 7.96. The Kier molecular flexibility index (Phi) is 4.03. The van der Waals surface area contributed by atoms with Gasteiger partial charge in [0.1, 0.15) is 5.92 Å². The number of benzene rings is 2. The summed E-state index contributed by atoms with van der Waals surface area (Å²) in [6.07, 6.45) is 0.404. The van der Waals surface area contributed by atoms with E-state index in [1.54, 1.807) is 0 Å². The smallest absolute Gasteiger partial charge is 0.238 e. The van der Waals surface area contributed by atoms with Crippen LogP contribution in [0.3, 0.4) is 0 Å². The van der Waals surface area contributed by atoms with Crippen LogP contribution in [0.5, 0.6) is 0 Å². The molecule has 23 heavy (non-hydrogen) atoms. The molecule has 0 spiro atoms. The number of hydrogen-bond donors (Lipinski definition) is 0. The Labute approximate surface area is 136 Å². The van der Waals surface area contributed by atoms with Crippen LogP contribution in [0.4, 0.5) is 0 Å². The van der Waals surface area contributed by atoms with Crippen LogP contribution >= 0.6 is 0 Å². The van der Waals surface area contributed by atoms with Gasteiger partial charge in [-0.25, -0.2) is 0 Å². The minimum Gasteiger partial charge on any atom is -0.332 e. The van der Waals surface area contributed by atoms with Crippen LogP contribution in [-0.4, -0.2) is 23.1 Å². The van der Waals surface area contributed by atoms with Gasteiger partial charge in [-0.05, 0) is 25.0 Å². The van der Waals surface area contributed by atoms with Crippen LogP contribution in [0, 0.1) is 0 Å². The number of piperidine rings is 1. The SMILES string of the molecule is CC(C)(c1ccccc1)N1CCC(=O)C(c2ccccc2)C1=O. The zero-order chi connectivity index (χ0) is 16.4. The number of ketones is 1. The number of carbonyl (C=O) groups excluding carboxylic acids is 2. The number of rotatable bonds is 3. The third-order valence-corrected chi connectivity index (χ3v) is 4.70. The van der Waals surface area contributed by atoms with Crippen LogP contribution in [0.2, 0.25) is 0 Å². The maximum absolute atomic E-state index is 13.1. The minimum absolute atomic E-state index is 0.0151. The van der Waals surface area contributed by atoms with Crippen LogP contribution in [0.1, 0.15) is 37.3 Å². The van der Waals surface area contributed by atoms with Gasteiger partial charge in [0, 0.05) is 13.0 Å². The number of Topliss-reactive ketones (excluding diaryl/α,β-unsaturated/α-hetero) is 1. The number of amides is 1. The molecule has 0 saturated carbocycles. The lowest BCUT2D eigenvalue weighted by atomic mass is 9.83. The highest BCUT2D eigenvalue weighted by Gasteiger charge is 2.42. The highest BCUT2D eigenvalue weighted by Crippen LogP contribution is 2.35.